The van der Waals surface area contributed by atoms with Crippen molar-refractivity contribution >= 4 is 16.5 Å². The van der Waals surface area contributed by atoms with Crippen molar-refractivity contribution in [2.45, 2.75) is 78.1 Å². The van der Waals surface area contributed by atoms with Crippen LogP contribution in [-0.2, 0) is 0 Å². The number of fused-ring (bicyclic) bond motifs is 1. The SMILES string of the molecule is CCCCCCCCCCCC[N+](C)(CC)c1cccc2ccccc12. The lowest BCUT2D eigenvalue weighted by Gasteiger charge is -2.34. The van der Waals surface area contributed by atoms with Gasteiger partial charge in [-0.1, -0.05) is 88.6 Å². The van der Waals surface area contributed by atoms with Gasteiger partial charge in [0.05, 0.1) is 20.1 Å². The lowest BCUT2D eigenvalue weighted by atomic mass is 10.0. The minimum absolute atomic E-state index is 1.05. The third-order valence-electron chi connectivity index (χ3n) is 6.05. The number of nitrogens with zero attached hydrogens (tertiary/aromatic N) is 1. The summed E-state index contributed by atoms with van der Waals surface area (Å²) < 4.78 is 1.05. The van der Waals surface area contributed by atoms with E-state index in [9.17, 15) is 0 Å². The van der Waals surface area contributed by atoms with Gasteiger partial charge in [-0.2, -0.15) is 0 Å². The summed E-state index contributed by atoms with van der Waals surface area (Å²) in [5, 5.41) is 2.79. The standard InChI is InChI=1S/C25H40N/c1-4-6-7-8-9-10-11-12-13-16-22-26(3,5-2)25-21-17-19-23-18-14-15-20-24(23)25/h14-15,17-21H,4-13,16,22H2,1-3H3/q+1. The van der Waals surface area contributed by atoms with Crippen LogP contribution in [0.15, 0.2) is 42.5 Å². The molecule has 2 aromatic carbocycles. The Morgan fingerprint density at radius 2 is 1.23 bits per heavy atom. The van der Waals surface area contributed by atoms with Gasteiger partial charge in [0.1, 0.15) is 5.69 Å². The number of benzene rings is 2. The van der Waals surface area contributed by atoms with Gasteiger partial charge in [0.2, 0.25) is 0 Å². The third-order valence-corrected chi connectivity index (χ3v) is 6.05. The third kappa shape index (κ3) is 6.13. The van der Waals surface area contributed by atoms with E-state index < -0.39 is 0 Å². The van der Waals surface area contributed by atoms with Crippen LogP contribution in [0.2, 0.25) is 0 Å². The van der Waals surface area contributed by atoms with E-state index in [0.29, 0.717) is 0 Å². The zero-order chi connectivity index (χ0) is 18.7. The molecule has 0 aliphatic carbocycles. The molecule has 0 fully saturated rings. The molecule has 2 aromatic rings. The van der Waals surface area contributed by atoms with Crippen LogP contribution in [0.3, 0.4) is 0 Å². The van der Waals surface area contributed by atoms with Gasteiger partial charge in [0.25, 0.3) is 0 Å². The van der Waals surface area contributed by atoms with Crippen LogP contribution in [0.25, 0.3) is 10.8 Å². The zero-order valence-electron chi connectivity index (χ0n) is 17.5. The van der Waals surface area contributed by atoms with Crippen LogP contribution in [0.1, 0.15) is 78.1 Å². The van der Waals surface area contributed by atoms with Gasteiger partial charge in [0, 0.05) is 5.39 Å². The summed E-state index contributed by atoms with van der Waals surface area (Å²) in [6, 6.07) is 15.6. The Morgan fingerprint density at radius 1 is 0.654 bits per heavy atom. The number of quaternary nitrogens is 1. The van der Waals surface area contributed by atoms with Gasteiger partial charge >= 0.3 is 0 Å². The molecule has 0 bridgehead atoms. The first-order valence-corrected chi connectivity index (χ1v) is 11.0. The largest absolute Gasteiger partial charge is 0.293 e. The van der Waals surface area contributed by atoms with E-state index in [-0.39, 0.29) is 0 Å². The second kappa shape index (κ2) is 11.4. The fourth-order valence-electron chi connectivity index (χ4n) is 4.08. The molecular formula is C25H40N+. The van der Waals surface area contributed by atoms with E-state index in [1.54, 1.807) is 0 Å². The summed E-state index contributed by atoms with van der Waals surface area (Å²) in [5.74, 6) is 0. The molecule has 0 saturated carbocycles. The molecule has 0 radical (unpaired) electrons. The normalized spacial score (nSPS) is 13.8. The molecule has 0 heterocycles. The zero-order valence-corrected chi connectivity index (χ0v) is 17.5. The maximum Gasteiger partial charge on any atom is 0.140 e. The van der Waals surface area contributed by atoms with Crippen molar-refractivity contribution in [1.82, 2.24) is 4.48 Å². The van der Waals surface area contributed by atoms with Gasteiger partial charge in [-0.25, -0.2) is 0 Å². The molecule has 1 unspecified atom stereocenters. The predicted octanol–water partition coefficient (Wildman–Crippen LogP) is 7.72. The Kier molecular flexibility index (Phi) is 9.18. The lowest BCUT2D eigenvalue weighted by molar-refractivity contribution is 0.337. The molecule has 0 saturated heterocycles. The van der Waals surface area contributed by atoms with Crippen LogP contribution >= 0.6 is 0 Å². The Balaban J connectivity index is 1.77. The molecule has 26 heavy (non-hydrogen) atoms. The van der Waals surface area contributed by atoms with Gasteiger partial charge < -0.3 is 0 Å². The molecular weight excluding hydrogens is 314 g/mol. The van der Waals surface area contributed by atoms with Crippen molar-refractivity contribution in [3.63, 3.8) is 0 Å². The summed E-state index contributed by atoms with van der Waals surface area (Å²) in [6.07, 6.45) is 14.1. The van der Waals surface area contributed by atoms with Gasteiger partial charge in [-0.3, -0.25) is 4.48 Å². The second-order valence-electron chi connectivity index (χ2n) is 8.12. The predicted molar refractivity (Wildman–Crippen MR) is 119 cm³/mol. The van der Waals surface area contributed by atoms with Crippen molar-refractivity contribution in [3.05, 3.63) is 42.5 Å². The molecule has 2 rings (SSSR count). The Bertz CT molecular complexity index is 628. The average molecular weight is 355 g/mol. The second-order valence-corrected chi connectivity index (χ2v) is 8.12. The van der Waals surface area contributed by atoms with Gasteiger partial charge in [-0.15, -0.1) is 0 Å². The molecule has 0 aliphatic heterocycles. The minimum atomic E-state index is 1.05. The summed E-state index contributed by atoms with van der Waals surface area (Å²) >= 11 is 0. The number of rotatable bonds is 13. The van der Waals surface area contributed by atoms with Crippen molar-refractivity contribution < 1.29 is 0 Å². The van der Waals surface area contributed by atoms with Crippen molar-refractivity contribution in [2.75, 3.05) is 20.1 Å². The smallest absolute Gasteiger partial charge is 0.140 e. The highest BCUT2D eigenvalue weighted by Crippen LogP contribution is 2.31. The van der Waals surface area contributed by atoms with Gasteiger partial charge in [-0.05, 0) is 37.3 Å². The summed E-state index contributed by atoms with van der Waals surface area (Å²) in [7, 11) is 2.41. The quantitative estimate of drug-likeness (QED) is 0.255. The van der Waals surface area contributed by atoms with Crippen LogP contribution in [0.4, 0.5) is 5.69 Å². The maximum atomic E-state index is 2.41. The molecule has 1 heteroatoms. The molecule has 1 nitrogen and oxygen atoms in total. The fourth-order valence-corrected chi connectivity index (χ4v) is 4.08. The topological polar surface area (TPSA) is 0 Å². The molecule has 0 amide bonds. The first-order valence-electron chi connectivity index (χ1n) is 11.0. The van der Waals surface area contributed by atoms with Crippen LogP contribution in [-0.4, -0.2) is 20.1 Å². The first-order chi connectivity index (χ1) is 12.7. The number of hydrogen-bond donors (Lipinski definition) is 0. The molecule has 144 valence electrons. The average Bonchev–Trinajstić information content (AvgIpc) is 2.68. The monoisotopic (exact) mass is 354 g/mol. The van der Waals surface area contributed by atoms with E-state index in [4.69, 9.17) is 0 Å². The summed E-state index contributed by atoms with van der Waals surface area (Å²) in [6.45, 7) is 7.03. The molecule has 0 spiro atoms. The van der Waals surface area contributed by atoms with Gasteiger partial charge in [0.15, 0.2) is 0 Å². The van der Waals surface area contributed by atoms with Crippen LogP contribution in [0.5, 0.6) is 0 Å². The first kappa shape index (κ1) is 21.0. The molecule has 1 atom stereocenters. The highest BCUT2D eigenvalue weighted by molar-refractivity contribution is 5.93. The molecule has 0 aliphatic rings. The minimum Gasteiger partial charge on any atom is -0.293 e. The van der Waals surface area contributed by atoms with Crippen LogP contribution < -0.4 is 4.48 Å². The summed E-state index contributed by atoms with van der Waals surface area (Å²) in [5.41, 5.74) is 1.49. The summed E-state index contributed by atoms with van der Waals surface area (Å²) in [4.78, 5) is 0. The Labute approximate surface area is 162 Å². The number of hydrogen-bond acceptors (Lipinski definition) is 0. The molecule has 0 N–H and O–H groups in total. The van der Waals surface area contributed by atoms with Crippen molar-refractivity contribution in [2.24, 2.45) is 0 Å². The Hall–Kier alpha value is -1.34. The Morgan fingerprint density at radius 3 is 1.88 bits per heavy atom. The highest BCUT2D eigenvalue weighted by Gasteiger charge is 2.24. The van der Waals surface area contributed by atoms with E-state index in [2.05, 4.69) is 63.4 Å². The van der Waals surface area contributed by atoms with E-state index >= 15 is 0 Å². The van der Waals surface area contributed by atoms with E-state index in [1.165, 1.54) is 87.2 Å². The van der Waals surface area contributed by atoms with E-state index in [1.807, 2.05) is 0 Å². The van der Waals surface area contributed by atoms with Crippen molar-refractivity contribution in [1.29, 1.82) is 0 Å². The lowest BCUT2D eigenvalue weighted by Crippen LogP contribution is -2.45. The highest BCUT2D eigenvalue weighted by atomic mass is 15.3. The van der Waals surface area contributed by atoms with Crippen LogP contribution in [0, 0.1) is 0 Å². The van der Waals surface area contributed by atoms with E-state index in [0.717, 1.165) is 11.0 Å². The maximum absolute atomic E-state index is 2.41. The number of unbranched alkanes of at least 4 members (excludes halogenated alkanes) is 9. The molecule has 0 aromatic heterocycles. The van der Waals surface area contributed by atoms with Crippen molar-refractivity contribution in [3.8, 4) is 0 Å². The fraction of sp³-hybridized carbons (Fsp3) is 0.600.